The van der Waals surface area contributed by atoms with Crippen molar-refractivity contribution < 1.29 is 52.3 Å². The Labute approximate surface area is 254 Å². The van der Waals surface area contributed by atoms with E-state index in [2.05, 4.69) is 0 Å². The number of ether oxygens (including phenoxy) is 7. The molecule has 1 aromatic carbocycles. The van der Waals surface area contributed by atoms with E-state index < -0.39 is 42.2 Å². The van der Waals surface area contributed by atoms with E-state index in [9.17, 15) is 19.2 Å². The van der Waals surface area contributed by atoms with Gasteiger partial charge < -0.3 is 38.9 Å². The first-order chi connectivity index (χ1) is 20.4. The van der Waals surface area contributed by atoms with Crippen molar-refractivity contribution in [1.82, 2.24) is 0 Å². The number of unbranched alkanes of at least 4 members (excludes halogenated alkanes) is 2. The number of hydrogen-bond donors (Lipinski definition) is 1. The van der Waals surface area contributed by atoms with Gasteiger partial charge in [-0.2, -0.15) is 0 Å². The van der Waals surface area contributed by atoms with Crippen molar-refractivity contribution in [3.8, 4) is 11.5 Å². The molecule has 0 aliphatic carbocycles. The normalized spacial score (nSPS) is 14.3. The summed E-state index contributed by atoms with van der Waals surface area (Å²) in [7, 11) is 1.20. The maximum atomic E-state index is 12.8. The zero-order valence-electron chi connectivity index (χ0n) is 26.6. The molecule has 2 unspecified atom stereocenters. The van der Waals surface area contributed by atoms with E-state index in [4.69, 9.17) is 38.9 Å². The molecule has 1 rings (SSSR count). The molecule has 2 N–H and O–H groups in total. The summed E-state index contributed by atoms with van der Waals surface area (Å²) in [5.41, 5.74) is 5.31. The van der Waals surface area contributed by atoms with Gasteiger partial charge >= 0.3 is 24.4 Å². The lowest BCUT2D eigenvalue weighted by Gasteiger charge is -2.29. The fourth-order valence-electron chi connectivity index (χ4n) is 4.37. The Morgan fingerprint density at radius 2 is 1.33 bits per heavy atom. The van der Waals surface area contributed by atoms with Gasteiger partial charge in [-0.05, 0) is 57.7 Å². The highest BCUT2D eigenvalue weighted by Crippen LogP contribution is 2.32. The molecule has 0 aliphatic heterocycles. The van der Waals surface area contributed by atoms with E-state index in [1.165, 1.54) is 19.2 Å². The summed E-state index contributed by atoms with van der Waals surface area (Å²) < 4.78 is 36.6. The molecule has 0 aromatic heterocycles. The molecular formula is C31H49NO11. The monoisotopic (exact) mass is 611 g/mol. The van der Waals surface area contributed by atoms with E-state index in [0.717, 1.165) is 25.7 Å². The molecule has 43 heavy (non-hydrogen) atoms. The average molecular weight is 612 g/mol. The van der Waals surface area contributed by atoms with Crippen molar-refractivity contribution >= 4 is 24.4 Å². The van der Waals surface area contributed by atoms with Crippen LogP contribution in [-0.2, 0) is 34.9 Å². The molecule has 0 heterocycles. The fourth-order valence-corrected chi connectivity index (χ4v) is 4.37. The summed E-state index contributed by atoms with van der Waals surface area (Å²) in [6.45, 7) is 11.2. The van der Waals surface area contributed by atoms with Gasteiger partial charge in [-0.25, -0.2) is 14.4 Å². The van der Waals surface area contributed by atoms with Crippen LogP contribution in [0.15, 0.2) is 18.2 Å². The van der Waals surface area contributed by atoms with Crippen LogP contribution in [0.25, 0.3) is 0 Å². The van der Waals surface area contributed by atoms with Crippen LogP contribution in [0.4, 0.5) is 14.4 Å². The second-order valence-electron chi connectivity index (χ2n) is 10.7. The van der Waals surface area contributed by atoms with Crippen molar-refractivity contribution in [3.63, 3.8) is 0 Å². The third kappa shape index (κ3) is 14.5. The third-order valence-corrected chi connectivity index (χ3v) is 6.41. The summed E-state index contributed by atoms with van der Waals surface area (Å²) >= 11 is 0. The van der Waals surface area contributed by atoms with Crippen LogP contribution in [0.3, 0.4) is 0 Å². The predicted octanol–water partition coefficient (Wildman–Crippen LogP) is 6.63. The van der Waals surface area contributed by atoms with Gasteiger partial charge in [-0.15, -0.1) is 0 Å². The first kappa shape index (κ1) is 37.5. The standard InChI is InChI=1S/C31H49NO11/c1-8-11-12-17-38-28(34)41-23(6)19-31(32,27(33)37-7)20-24-15-16-25(42-29(35)39-21(4)13-9-2)26(18-24)43-30(36)40-22(5)14-10-3/h15-16,18,21-23H,8-14,17,19-20,32H2,1-7H3/t21-,22?,23-,31?/m0/s1. The first-order valence-corrected chi connectivity index (χ1v) is 15.0. The molecule has 0 radical (unpaired) electrons. The molecular weight excluding hydrogens is 562 g/mol. The van der Waals surface area contributed by atoms with Gasteiger partial charge in [0.1, 0.15) is 23.9 Å². The van der Waals surface area contributed by atoms with Gasteiger partial charge in [0.05, 0.1) is 13.7 Å². The number of rotatable bonds is 18. The molecule has 0 fully saturated rings. The highest BCUT2D eigenvalue weighted by atomic mass is 16.8. The molecule has 4 atom stereocenters. The summed E-state index contributed by atoms with van der Waals surface area (Å²) in [5, 5.41) is 0. The smallest absolute Gasteiger partial charge is 0.468 e. The molecule has 0 spiro atoms. The van der Waals surface area contributed by atoms with E-state index in [-0.39, 0.29) is 37.1 Å². The van der Waals surface area contributed by atoms with Gasteiger partial charge in [0.25, 0.3) is 0 Å². The van der Waals surface area contributed by atoms with Crippen LogP contribution >= 0.6 is 0 Å². The van der Waals surface area contributed by atoms with Gasteiger partial charge in [0, 0.05) is 12.8 Å². The van der Waals surface area contributed by atoms with Crippen molar-refractivity contribution in [2.75, 3.05) is 13.7 Å². The quantitative estimate of drug-likeness (QED) is 0.0818. The highest BCUT2D eigenvalue weighted by Gasteiger charge is 2.38. The molecule has 12 heteroatoms. The van der Waals surface area contributed by atoms with Crippen molar-refractivity contribution in [2.45, 2.75) is 123 Å². The molecule has 0 amide bonds. The number of carbonyl (C=O) groups is 4. The second-order valence-corrected chi connectivity index (χ2v) is 10.7. The largest absolute Gasteiger partial charge is 0.514 e. The van der Waals surface area contributed by atoms with Crippen LogP contribution in [0.5, 0.6) is 11.5 Å². The second kappa shape index (κ2) is 19.6. The van der Waals surface area contributed by atoms with Crippen LogP contribution < -0.4 is 15.2 Å². The molecule has 0 aliphatic rings. The molecule has 0 saturated heterocycles. The number of hydrogen-bond acceptors (Lipinski definition) is 12. The summed E-state index contributed by atoms with van der Waals surface area (Å²) in [6, 6.07) is 4.35. The maximum absolute atomic E-state index is 12.8. The molecule has 12 nitrogen and oxygen atoms in total. The minimum absolute atomic E-state index is 0.0965. The predicted molar refractivity (Wildman–Crippen MR) is 158 cm³/mol. The van der Waals surface area contributed by atoms with Crippen molar-refractivity contribution in [2.24, 2.45) is 5.73 Å². The minimum atomic E-state index is -1.64. The number of esters is 1. The highest BCUT2D eigenvalue weighted by molar-refractivity contribution is 5.81. The molecule has 0 saturated carbocycles. The number of methoxy groups -OCH3 is 1. The van der Waals surface area contributed by atoms with Crippen LogP contribution in [0, 0.1) is 0 Å². The lowest BCUT2D eigenvalue weighted by atomic mass is 9.86. The average Bonchev–Trinajstić information content (AvgIpc) is 2.91. The third-order valence-electron chi connectivity index (χ3n) is 6.41. The molecule has 0 bridgehead atoms. The number of carbonyl (C=O) groups excluding carboxylic acids is 4. The Bertz CT molecular complexity index is 1030. The van der Waals surface area contributed by atoms with Gasteiger partial charge in [-0.1, -0.05) is 52.5 Å². The Hall–Kier alpha value is -3.54. The fraction of sp³-hybridized carbons (Fsp3) is 0.677. The first-order valence-electron chi connectivity index (χ1n) is 15.0. The number of nitrogens with two attached hydrogens (primary N) is 1. The van der Waals surface area contributed by atoms with E-state index in [0.29, 0.717) is 24.8 Å². The number of benzene rings is 1. The molecule has 1 aromatic rings. The van der Waals surface area contributed by atoms with Crippen LogP contribution in [0.2, 0.25) is 0 Å². The SMILES string of the molecule is CCCCCOC(=O)O[C@@H](C)CC(N)(Cc1ccc(OC(=O)O[C@@H](C)CCC)c(OC(=O)OC(C)CCC)c1)C(=O)OC. The topological polar surface area (TPSA) is 159 Å². The summed E-state index contributed by atoms with van der Waals surface area (Å²) in [4.78, 5) is 49.8. The van der Waals surface area contributed by atoms with Gasteiger partial charge in [0.2, 0.25) is 0 Å². The van der Waals surface area contributed by atoms with E-state index in [1.54, 1.807) is 26.8 Å². The van der Waals surface area contributed by atoms with Gasteiger partial charge in [-0.3, -0.25) is 4.79 Å². The molecule has 244 valence electrons. The van der Waals surface area contributed by atoms with Crippen molar-refractivity contribution in [3.05, 3.63) is 23.8 Å². The Balaban J connectivity index is 3.18. The van der Waals surface area contributed by atoms with Crippen LogP contribution in [-0.4, -0.2) is 62.0 Å². The van der Waals surface area contributed by atoms with Crippen LogP contribution in [0.1, 0.15) is 98.5 Å². The summed E-state index contributed by atoms with van der Waals surface area (Å²) in [6.07, 6.45) is 0.881. The lowest BCUT2D eigenvalue weighted by Crippen LogP contribution is -2.53. The van der Waals surface area contributed by atoms with Gasteiger partial charge in [0.15, 0.2) is 11.5 Å². The Morgan fingerprint density at radius 1 is 0.767 bits per heavy atom. The maximum Gasteiger partial charge on any atom is 0.514 e. The van der Waals surface area contributed by atoms with E-state index in [1.807, 2.05) is 20.8 Å². The lowest BCUT2D eigenvalue weighted by molar-refractivity contribution is -0.148. The zero-order valence-corrected chi connectivity index (χ0v) is 26.6. The van der Waals surface area contributed by atoms with E-state index >= 15 is 0 Å². The minimum Gasteiger partial charge on any atom is -0.468 e. The zero-order chi connectivity index (χ0) is 32.4. The Morgan fingerprint density at radius 3 is 1.86 bits per heavy atom. The Kier molecular flexibility index (Phi) is 17.1. The summed E-state index contributed by atoms with van der Waals surface area (Å²) in [5.74, 6) is -0.984. The van der Waals surface area contributed by atoms with Crippen molar-refractivity contribution in [1.29, 1.82) is 0 Å².